The Hall–Kier alpha value is -1.59. The van der Waals surface area contributed by atoms with Crippen LogP contribution in [0.5, 0.6) is 0 Å². The number of rotatable bonds is 4. The maximum absolute atomic E-state index is 5.87. The van der Waals surface area contributed by atoms with Crippen molar-refractivity contribution in [2.45, 2.75) is 13.3 Å². The fraction of sp³-hybridized carbons (Fsp3) is 0.533. The van der Waals surface area contributed by atoms with Crippen LogP contribution in [-0.2, 0) is 6.42 Å². The van der Waals surface area contributed by atoms with Crippen LogP contribution in [0.4, 0.5) is 6.01 Å². The second-order valence-corrected chi connectivity index (χ2v) is 5.27. The molecule has 1 saturated heterocycles. The molecule has 0 saturated carbocycles. The van der Waals surface area contributed by atoms with Crippen LogP contribution in [0.1, 0.15) is 12.5 Å². The second-order valence-electron chi connectivity index (χ2n) is 5.27. The number of benzene rings is 1. The predicted molar refractivity (Wildman–Crippen MR) is 81.1 cm³/mol. The SMILES string of the molecule is CCc1ccc2oc(N3CCN(CCN)CC3)nc2c1. The smallest absolute Gasteiger partial charge is 0.298 e. The van der Waals surface area contributed by atoms with Gasteiger partial charge in [0.1, 0.15) is 5.52 Å². The van der Waals surface area contributed by atoms with Gasteiger partial charge < -0.3 is 15.1 Å². The van der Waals surface area contributed by atoms with Gasteiger partial charge in [0.25, 0.3) is 6.01 Å². The van der Waals surface area contributed by atoms with Crippen LogP contribution in [-0.4, -0.2) is 49.2 Å². The molecule has 5 heteroatoms. The first-order valence-corrected chi connectivity index (χ1v) is 7.37. The van der Waals surface area contributed by atoms with Crippen molar-refractivity contribution in [3.05, 3.63) is 23.8 Å². The number of nitrogens with two attached hydrogens (primary N) is 1. The van der Waals surface area contributed by atoms with Crippen molar-refractivity contribution >= 4 is 17.1 Å². The highest BCUT2D eigenvalue weighted by Crippen LogP contribution is 2.23. The van der Waals surface area contributed by atoms with E-state index in [-0.39, 0.29) is 0 Å². The van der Waals surface area contributed by atoms with Crippen LogP contribution in [0.25, 0.3) is 11.1 Å². The second kappa shape index (κ2) is 5.81. The van der Waals surface area contributed by atoms with Gasteiger partial charge in [-0.25, -0.2) is 0 Å². The molecule has 1 fully saturated rings. The Morgan fingerprint density at radius 3 is 2.75 bits per heavy atom. The molecule has 1 aliphatic heterocycles. The van der Waals surface area contributed by atoms with Gasteiger partial charge in [0.15, 0.2) is 5.58 Å². The zero-order valence-corrected chi connectivity index (χ0v) is 12.0. The molecule has 0 radical (unpaired) electrons. The van der Waals surface area contributed by atoms with E-state index in [2.05, 4.69) is 33.8 Å². The molecule has 0 unspecified atom stereocenters. The van der Waals surface area contributed by atoms with Gasteiger partial charge in [-0.15, -0.1) is 0 Å². The van der Waals surface area contributed by atoms with Crippen molar-refractivity contribution < 1.29 is 4.42 Å². The molecule has 1 aliphatic rings. The largest absolute Gasteiger partial charge is 0.423 e. The van der Waals surface area contributed by atoms with Gasteiger partial charge in [-0.1, -0.05) is 13.0 Å². The molecule has 20 heavy (non-hydrogen) atoms. The molecule has 2 aromatic rings. The van der Waals surface area contributed by atoms with Crippen LogP contribution < -0.4 is 10.6 Å². The molecule has 0 atom stereocenters. The molecule has 5 nitrogen and oxygen atoms in total. The Labute approximate surface area is 119 Å². The van der Waals surface area contributed by atoms with Gasteiger partial charge in [0.05, 0.1) is 0 Å². The summed E-state index contributed by atoms with van der Waals surface area (Å²) in [5.41, 5.74) is 8.73. The Morgan fingerprint density at radius 1 is 1.25 bits per heavy atom. The first-order chi connectivity index (χ1) is 9.80. The molecule has 0 spiro atoms. The number of aryl methyl sites for hydroxylation is 1. The normalized spacial score (nSPS) is 17.0. The summed E-state index contributed by atoms with van der Waals surface area (Å²) in [6.07, 6.45) is 1.02. The lowest BCUT2D eigenvalue weighted by Gasteiger charge is -2.33. The van der Waals surface area contributed by atoms with Gasteiger partial charge in [-0.05, 0) is 24.1 Å². The quantitative estimate of drug-likeness (QED) is 0.915. The number of fused-ring (bicyclic) bond motifs is 1. The molecule has 3 rings (SSSR count). The molecule has 2 N–H and O–H groups in total. The molecule has 0 aliphatic carbocycles. The summed E-state index contributed by atoms with van der Waals surface area (Å²) in [6, 6.07) is 7.00. The summed E-state index contributed by atoms with van der Waals surface area (Å²) in [6.45, 7) is 7.80. The lowest BCUT2D eigenvalue weighted by atomic mass is 10.1. The number of oxazole rings is 1. The fourth-order valence-electron chi connectivity index (χ4n) is 2.66. The highest BCUT2D eigenvalue weighted by molar-refractivity contribution is 5.75. The lowest BCUT2D eigenvalue weighted by molar-refractivity contribution is 0.260. The third-order valence-electron chi connectivity index (χ3n) is 3.94. The van der Waals surface area contributed by atoms with Gasteiger partial charge >= 0.3 is 0 Å². The number of hydrogen-bond donors (Lipinski definition) is 1. The average molecular weight is 274 g/mol. The first kappa shape index (κ1) is 13.4. The van der Waals surface area contributed by atoms with Crippen LogP contribution in [0.3, 0.4) is 0 Å². The van der Waals surface area contributed by atoms with Crippen LogP contribution in [0.2, 0.25) is 0 Å². The summed E-state index contributed by atoms with van der Waals surface area (Å²) in [5.74, 6) is 0. The first-order valence-electron chi connectivity index (χ1n) is 7.37. The van der Waals surface area contributed by atoms with E-state index >= 15 is 0 Å². The van der Waals surface area contributed by atoms with Gasteiger partial charge in [-0.2, -0.15) is 4.98 Å². The Kier molecular flexibility index (Phi) is 3.89. The maximum Gasteiger partial charge on any atom is 0.298 e. The minimum atomic E-state index is 0.725. The summed E-state index contributed by atoms with van der Waals surface area (Å²) >= 11 is 0. The van der Waals surface area contributed by atoms with E-state index in [1.807, 2.05) is 6.07 Å². The topological polar surface area (TPSA) is 58.5 Å². The van der Waals surface area contributed by atoms with E-state index in [4.69, 9.17) is 10.2 Å². The molecule has 108 valence electrons. The minimum Gasteiger partial charge on any atom is -0.423 e. The van der Waals surface area contributed by atoms with Crippen molar-refractivity contribution in [1.82, 2.24) is 9.88 Å². The van der Waals surface area contributed by atoms with E-state index < -0.39 is 0 Å². The number of hydrogen-bond acceptors (Lipinski definition) is 5. The zero-order chi connectivity index (χ0) is 13.9. The predicted octanol–water partition coefficient (Wildman–Crippen LogP) is 1.47. The molecular formula is C15H22N4O. The summed E-state index contributed by atoms with van der Waals surface area (Å²) < 4.78 is 5.87. The Morgan fingerprint density at radius 2 is 2.05 bits per heavy atom. The van der Waals surface area contributed by atoms with Crippen molar-refractivity contribution in [2.75, 3.05) is 44.2 Å². The zero-order valence-electron chi connectivity index (χ0n) is 12.0. The van der Waals surface area contributed by atoms with Crippen LogP contribution >= 0.6 is 0 Å². The van der Waals surface area contributed by atoms with Gasteiger partial charge in [0, 0.05) is 39.3 Å². The molecule has 0 bridgehead atoms. The summed E-state index contributed by atoms with van der Waals surface area (Å²) in [7, 11) is 0. The number of nitrogens with zero attached hydrogens (tertiary/aromatic N) is 3. The molecule has 2 heterocycles. The van der Waals surface area contributed by atoms with E-state index in [1.54, 1.807) is 0 Å². The maximum atomic E-state index is 5.87. The van der Waals surface area contributed by atoms with E-state index in [0.717, 1.165) is 62.8 Å². The van der Waals surface area contributed by atoms with Crippen molar-refractivity contribution in [3.8, 4) is 0 Å². The van der Waals surface area contributed by atoms with Crippen LogP contribution in [0.15, 0.2) is 22.6 Å². The highest BCUT2D eigenvalue weighted by Gasteiger charge is 2.20. The van der Waals surface area contributed by atoms with Crippen molar-refractivity contribution in [1.29, 1.82) is 0 Å². The van der Waals surface area contributed by atoms with Gasteiger partial charge in [-0.3, -0.25) is 4.90 Å². The van der Waals surface area contributed by atoms with Crippen LogP contribution in [0, 0.1) is 0 Å². The minimum absolute atomic E-state index is 0.725. The lowest BCUT2D eigenvalue weighted by Crippen LogP contribution is -2.47. The third-order valence-corrected chi connectivity index (χ3v) is 3.94. The standard InChI is InChI=1S/C15H22N4O/c1-2-12-3-4-14-13(11-12)17-15(20-14)19-9-7-18(6-5-16)8-10-19/h3-4,11H,2,5-10,16H2,1H3. The third kappa shape index (κ3) is 2.64. The summed E-state index contributed by atoms with van der Waals surface area (Å²) in [5, 5.41) is 0. The number of aromatic nitrogens is 1. The monoisotopic (exact) mass is 274 g/mol. The molecular weight excluding hydrogens is 252 g/mol. The Balaban J connectivity index is 1.74. The van der Waals surface area contributed by atoms with E-state index in [9.17, 15) is 0 Å². The van der Waals surface area contributed by atoms with E-state index in [0.29, 0.717) is 0 Å². The molecule has 1 aromatic heterocycles. The fourth-order valence-corrected chi connectivity index (χ4v) is 2.66. The molecule has 1 aromatic carbocycles. The number of piperazine rings is 1. The molecule has 0 amide bonds. The highest BCUT2D eigenvalue weighted by atomic mass is 16.4. The summed E-state index contributed by atoms with van der Waals surface area (Å²) in [4.78, 5) is 9.24. The van der Waals surface area contributed by atoms with Crippen molar-refractivity contribution in [3.63, 3.8) is 0 Å². The Bertz CT molecular complexity index is 572. The van der Waals surface area contributed by atoms with Gasteiger partial charge in [0.2, 0.25) is 0 Å². The average Bonchev–Trinajstić information content (AvgIpc) is 2.91. The number of anilines is 1. The van der Waals surface area contributed by atoms with E-state index in [1.165, 1.54) is 5.56 Å². The van der Waals surface area contributed by atoms with Crippen molar-refractivity contribution in [2.24, 2.45) is 5.73 Å².